The van der Waals surface area contributed by atoms with Gasteiger partial charge in [0.15, 0.2) is 0 Å². The number of carbonyl (C=O) groups excluding carboxylic acids is 3. The first-order chi connectivity index (χ1) is 13.3. The van der Waals surface area contributed by atoms with Crippen molar-refractivity contribution in [1.29, 1.82) is 0 Å². The van der Waals surface area contributed by atoms with Crippen LogP contribution in [0.2, 0.25) is 0 Å². The molecular formula is C19H26FN3O5. The Hall–Kier alpha value is -2.68. The molecule has 28 heavy (non-hydrogen) atoms. The van der Waals surface area contributed by atoms with Crippen molar-refractivity contribution in [2.75, 3.05) is 13.2 Å². The standard InChI is InChI=1S/C19H26FN3O5/c1-2-7-28-16-6-3-11(18(26)22-10-17(21)25)8-14(16)23-19(27)13-5-4-12(20)9-15(13)24/h4-5,9,11,14,16,24H,2-3,6-8,10H2,1H3,(H2,21,25)(H,22,26)(H,23,27)/t11-,14+,16+/m0/s1. The lowest BCUT2D eigenvalue weighted by Gasteiger charge is -2.36. The molecule has 3 amide bonds. The number of primary amides is 1. The Labute approximate surface area is 162 Å². The van der Waals surface area contributed by atoms with Crippen LogP contribution in [0.4, 0.5) is 4.39 Å². The molecule has 0 radical (unpaired) electrons. The van der Waals surface area contributed by atoms with Gasteiger partial charge in [0, 0.05) is 18.6 Å². The van der Waals surface area contributed by atoms with Crippen LogP contribution in [0.25, 0.3) is 0 Å². The summed E-state index contributed by atoms with van der Waals surface area (Å²) in [5.74, 6) is -3.04. The maximum Gasteiger partial charge on any atom is 0.255 e. The molecule has 1 aliphatic carbocycles. The number of carbonyl (C=O) groups is 3. The Balaban J connectivity index is 2.08. The highest BCUT2D eigenvalue weighted by Crippen LogP contribution is 2.28. The summed E-state index contributed by atoms with van der Waals surface area (Å²) < 4.78 is 19.0. The predicted octanol–water partition coefficient (Wildman–Crippen LogP) is 0.827. The molecule has 154 valence electrons. The molecule has 8 nitrogen and oxygen atoms in total. The number of phenols is 1. The molecule has 3 atom stereocenters. The van der Waals surface area contributed by atoms with Gasteiger partial charge in [0.25, 0.3) is 5.91 Å². The average Bonchev–Trinajstić information content (AvgIpc) is 2.64. The van der Waals surface area contributed by atoms with Crippen molar-refractivity contribution in [1.82, 2.24) is 10.6 Å². The Morgan fingerprint density at radius 1 is 1.32 bits per heavy atom. The number of nitrogens with two attached hydrogens (primary N) is 1. The monoisotopic (exact) mass is 395 g/mol. The van der Waals surface area contributed by atoms with Gasteiger partial charge in [-0.2, -0.15) is 0 Å². The SMILES string of the molecule is CCCO[C@@H]1CC[C@H](C(=O)NCC(N)=O)C[C@H]1NC(=O)c1ccc(F)cc1O. The van der Waals surface area contributed by atoms with Crippen molar-refractivity contribution in [3.05, 3.63) is 29.6 Å². The summed E-state index contributed by atoms with van der Waals surface area (Å²) in [6.45, 7) is 2.23. The highest BCUT2D eigenvalue weighted by molar-refractivity contribution is 5.97. The maximum atomic E-state index is 13.2. The van der Waals surface area contributed by atoms with Gasteiger partial charge in [0.1, 0.15) is 11.6 Å². The maximum absolute atomic E-state index is 13.2. The van der Waals surface area contributed by atoms with Crippen molar-refractivity contribution < 1.29 is 28.6 Å². The first-order valence-electron chi connectivity index (χ1n) is 9.28. The molecule has 0 spiro atoms. The highest BCUT2D eigenvalue weighted by Gasteiger charge is 2.35. The quantitative estimate of drug-likeness (QED) is 0.518. The van der Waals surface area contributed by atoms with E-state index < -0.39 is 35.3 Å². The minimum absolute atomic E-state index is 0.0593. The summed E-state index contributed by atoms with van der Waals surface area (Å²) in [6.07, 6.45) is 1.93. The van der Waals surface area contributed by atoms with Gasteiger partial charge in [-0.1, -0.05) is 6.92 Å². The minimum Gasteiger partial charge on any atom is -0.507 e. The van der Waals surface area contributed by atoms with Crippen LogP contribution >= 0.6 is 0 Å². The summed E-state index contributed by atoms with van der Waals surface area (Å²) in [7, 11) is 0. The van der Waals surface area contributed by atoms with E-state index in [1.165, 1.54) is 6.07 Å². The third kappa shape index (κ3) is 5.91. The molecule has 2 rings (SSSR count). The largest absolute Gasteiger partial charge is 0.507 e. The zero-order valence-corrected chi connectivity index (χ0v) is 15.7. The van der Waals surface area contributed by atoms with Crippen LogP contribution in [0, 0.1) is 11.7 Å². The predicted molar refractivity (Wildman–Crippen MR) is 98.9 cm³/mol. The van der Waals surface area contributed by atoms with E-state index in [-0.39, 0.29) is 24.1 Å². The van der Waals surface area contributed by atoms with Crippen molar-refractivity contribution in [2.24, 2.45) is 11.7 Å². The molecule has 0 aromatic heterocycles. The Morgan fingerprint density at radius 2 is 2.07 bits per heavy atom. The number of aromatic hydroxyl groups is 1. The molecule has 9 heteroatoms. The minimum atomic E-state index is -0.651. The van der Waals surface area contributed by atoms with Crippen molar-refractivity contribution >= 4 is 17.7 Å². The van der Waals surface area contributed by atoms with Gasteiger partial charge in [-0.15, -0.1) is 0 Å². The molecule has 0 unspecified atom stereocenters. The van der Waals surface area contributed by atoms with E-state index in [1.807, 2.05) is 6.92 Å². The Morgan fingerprint density at radius 3 is 2.71 bits per heavy atom. The smallest absolute Gasteiger partial charge is 0.255 e. The summed E-state index contributed by atoms with van der Waals surface area (Å²) in [6, 6.07) is 2.67. The molecule has 1 aromatic carbocycles. The van der Waals surface area contributed by atoms with E-state index in [0.29, 0.717) is 25.9 Å². The van der Waals surface area contributed by atoms with Gasteiger partial charge in [0.2, 0.25) is 11.8 Å². The fourth-order valence-electron chi connectivity index (χ4n) is 3.26. The van der Waals surface area contributed by atoms with Gasteiger partial charge < -0.3 is 26.2 Å². The molecule has 0 aliphatic heterocycles. The summed E-state index contributed by atoms with van der Waals surface area (Å²) in [4.78, 5) is 35.7. The van der Waals surface area contributed by atoms with Crippen LogP contribution in [0.3, 0.4) is 0 Å². The Bertz CT molecular complexity index is 728. The topological polar surface area (TPSA) is 131 Å². The summed E-state index contributed by atoms with van der Waals surface area (Å²) >= 11 is 0. The van der Waals surface area contributed by atoms with Gasteiger partial charge in [0.05, 0.1) is 24.3 Å². The fraction of sp³-hybridized carbons (Fsp3) is 0.526. The van der Waals surface area contributed by atoms with E-state index >= 15 is 0 Å². The number of benzene rings is 1. The van der Waals surface area contributed by atoms with Crippen molar-refractivity contribution in [3.63, 3.8) is 0 Å². The van der Waals surface area contributed by atoms with Gasteiger partial charge in [-0.3, -0.25) is 14.4 Å². The second kappa shape index (κ2) is 10.0. The second-order valence-corrected chi connectivity index (χ2v) is 6.84. The number of halogens is 1. The first kappa shape index (κ1) is 21.6. The zero-order chi connectivity index (χ0) is 20.7. The van der Waals surface area contributed by atoms with Crippen LogP contribution in [-0.4, -0.2) is 48.1 Å². The number of hydrogen-bond donors (Lipinski definition) is 4. The van der Waals surface area contributed by atoms with Crippen LogP contribution in [0.1, 0.15) is 43.0 Å². The molecule has 1 aromatic rings. The number of rotatable bonds is 8. The number of amides is 3. The highest BCUT2D eigenvalue weighted by atomic mass is 19.1. The average molecular weight is 395 g/mol. The fourth-order valence-corrected chi connectivity index (χ4v) is 3.26. The van der Waals surface area contributed by atoms with Gasteiger partial charge in [-0.25, -0.2) is 4.39 Å². The van der Waals surface area contributed by atoms with E-state index in [0.717, 1.165) is 18.6 Å². The number of ether oxygens (including phenoxy) is 1. The lowest BCUT2D eigenvalue weighted by Crippen LogP contribution is -2.51. The van der Waals surface area contributed by atoms with Gasteiger partial charge >= 0.3 is 0 Å². The summed E-state index contributed by atoms with van der Waals surface area (Å²) in [5, 5.41) is 15.1. The number of hydrogen-bond acceptors (Lipinski definition) is 5. The van der Waals surface area contributed by atoms with Crippen molar-refractivity contribution in [3.8, 4) is 5.75 Å². The third-order valence-corrected chi connectivity index (χ3v) is 4.65. The van der Waals surface area contributed by atoms with E-state index in [2.05, 4.69) is 10.6 Å². The zero-order valence-electron chi connectivity index (χ0n) is 15.7. The molecule has 1 saturated carbocycles. The normalized spacial score (nSPS) is 21.7. The molecule has 5 N–H and O–H groups in total. The number of phenolic OH excluding ortho intramolecular Hbond substituents is 1. The van der Waals surface area contributed by atoms with Crippen LogP contribution < -0.4 is 16.4 Å². The Kier molecular flexibility index (Phi) is 7.74. The van der Waals surface area contributed by atoms with E-state index in [1.54, 1.807) is 0 Å². The van der Waals surface area contributed by atoms with Crippen LogP contribution in [-0.2, 0) is 14.3 Å². The molecular weight excluding hydrogens is 369 g/mol. The van der Waals surface area contributed by atoms with E-state index in [4.69, 9.17) is 10.5 Å². The van der Waals surface area contributed by atoms with Crippen molar-refractivity contribution in [2.45, 2.75) is 44.8 Å². The number of nitrogens with one attached hydrogen (secondary N) is 2. The molecule has 0 saturated heterocycles. The third-order valence-electron chi connectivity index (χ3n) is 4.65. The molecule has 1 aliphatic rings. The van der Waals surface area contributed by atoms with Gasteiger partial charge in [-0.05, 0) is 37.8 Å². The van der Waals surface area contributed by atoms with Crippen LogP contribution in [0.5, 0.6) is 5.75 Å². The second-order valence-electron chi connectivity index (χ2n) is 6.84. The molecule has 0 bridgehead atoms. The first-order valence-corrected chi connectivity index (χ1v) is 9.28. The van der Waals surface area contributed by atoms with E-state index in [9.17, 15) is 23.9 Å². The lowest BCUT2D eigenvalue weighted by molar-refractivity contribution is -0.129. The molecule has 0 heterocycles. The lowest BCUT2D eigenvalue weighted by atomic mass is 9.82. The summed E-state index contributed by atoms with van der Waals surface area (Å²) in [5.41, 5.74) is 4.99. The molecule has 1 fully saturated rings. The van der Waals surface area contributed by atoms with Crippen LogP contribution in [0.15, 0.2) is 18.2 Å².